The Labute approximate surface area is 178 Å². The molecule has 156 valence electrons. The normalized spacial score (nSPS) is 24.3. The second kappa shape index (κ2) is 8.99. The number of likely N-dealkylation sites (tertiary alicyclic amines) is 2. The molecule has 0 N–H and O–H groups in total. The van der Waals surface area contributed by atoms with Crippen LogP contribution in [0.1, 0.15) is 36.0 Å². The monoisotopic (exact) mass is 403 g/mol. The fourth-order valence-electron chi connectivity index (χ4n) is 5.18. The number of rotatable bonds is 6. The maximum atomic E-state index is 13.1. The van der Waals surface area contributed by atoms with Crippen molar-refractivity contribution in [3.63, 3.8) is 0 Å². The fraction of sp³-hybridized carbons (Fsp3) is 0.440. The molecule has 2 aliphatic heterocycles. The molecule has 2 aromatic carbocycles. The highest BCUT2D eigenvalue weighted by molar-refractivity contribution is 5.77. The second-order valence-corrected chi connectivity index (χ2v) is 8.39. The average molecular weight is 404 g/mol. The number of fused-ring (bicyclic) bond motifs is 1. The quantitative estimate of drug-likeness (QED) is 0.742. The van der Waals surface area contributed by atoms with Gasteiger partial charge in [-0.2, -0.15) is 5.26 Å². The van der Waals surface area contributed by atoms with Crippen LogP contribution in [0.2, 0.25) is 0 Å². The maximum Gasteiger partial charge on any atom is 0.224 e. The number of nitrogens with zero attached hydrogens (tertiary/aromatic N) is 3. The molecule has 5 nitrogen and oxygen atoms in total. The zero-order valence-electron chi connectivity index (χ0n) is 17.6. The van der Waals surface area contributed by atoms with Gasteiger partial charge < -0.3 is 9.64 Å². The van der Waals surface area contributed by atoms with E-state index in [0.717, 1.165) is 32.5 Å². The number of amides is 1. The van der Waals surface area contributed by atoms with Crippen LogP contribution in [0.15, 0.2) is 54.6 Å². The summed E-state index contributed by atoms with van der Waals surface area (Å²) >= 11 is 0. The number of benzene rings is 2. The Morgan fingerprint density at radius 3 is 2.53 bits per heavy atom. The number of ether oxygens (including phenoxy) is 1. The maximum absolute atomic E-state index is 13.1. The number of carbonyl (C=O) groups excluding carboxylic acids is 1. The number of methoxy groups -OCH3 is 1. The minimum absolute atomic E-state index is 0.00859. The van der Waals surface area contributed by atoms with E-state index in [1.165, 1.54) is 11.1 Å². The Kier molecular flexibility index (Phi) is 6.17. The van der Waals surface area contributed by atoms with Crippen LogP contribution in [0.5, 0.6) is 0 Å². The lowest BCUT2D eigenvalue weighted by Crippen LogP contribution is -2.43. The van der Waals surface area contributed by atoms with Crippen LogP contribution in [-0.2, 0) is 21.5 Å². The van der Waals surface area contributed by atoms with Crippen molar-refractivity contribution in [2.75, 3.05) is 33.4 Å². The van der Waals surface area contributed by atoms with Crippen LogP contribution < -0.4 is 0 Å². The summed E-state index contributed by atoms with van der Waals surface area (Å²) in [5.74, 6) is 0.224. The topological polar surface area (TPSA) is 56.6 Å². The van der Waals surface area contributed by atoms with Gasteiger partial charge in [-0.1, -0.05) is 42.5 Å². The molecule has 30 heavy (non-hydrogen) atoms. The van der Waals surface area contributed by atoms with Gasteiger partial charge in [0.05, 0.1) is 18.2 Å². The Morgan fingerprint density at radius 1 is 1.10 bits per heavy atom. The predicted molar refractivity (Wildman–Crippen MR) is 116 cm³/mol. The summed E-state index contributed by atoms with van der Waals surface area (Å²) in [7, 11) is 1.68. The van der Waals surface area contributed by atoms with Crippen molar-refractivity contribution >= 4 is 5.91 Å². The summed E-state index contributed by atoms with van der Waals surface area (Å²) in [5, 5.41) is 9.06. The minimum Gasteiger partial charge on any atom is -0.383 e. The van der Waals surface area contributed by atoms with E-state index in [9.17, 15) is 4.79 Å². The SMILES string of the molecule is COCCN1CC[C@@]2(c3ccccc3)CCN(Cc3ccc(C#N)cc3)[C@H]2CC1=O. The van der Waals surface area contributed by atoms with Crippen molar-refractivity contribution in [2.24, 2.45) is 0 Å². The van der Waals surface area contributed by atoms with Crippen molar-refractivity contribution in [2.45, 2.75) is 37.3 Å². The highest BCUT2D eigenvalue weighted by Gasteiger charge is 2.50. The minimum atomic E-state index is -0.00859. The third-order valence-electron chi connectivity index (χ3n) is 6.86. The molecule has 0 saturated carbocycles. The zero-order valence-corrected chi connectivity index (χ0v) is 17.6. The molecule has 2 heterocycles. The summed E-state index contributed by atoms with van der Waals surface area (Å²) in [4.78, 5) is 17.6. The standard InChI is InChI=1S/C25H29N3O2/c1-30-16-15-27-13-11-25(22-5-3-2-4-6-22)12-14-28(23(25)17-24(27)29)19-21-9-7-20(18-26)8-10-21/h2-10,23H,11-17,19H2,1H3/t23-,25-/m0/s1. The van der Waals surface area contributed by atoms with Crippen molar-refractivity contribution < 1.29 is 9.53 Å². The molecule has 0 bridgehead atoms. The summed E-state index contributed by atoms with van der Waals surface area (Å²) in [6.45, 7) is 3.78. The smallest absolute Gasteiger partial charge is 0.224 e. The first-order valence-electron chi connectivity index (χ1n) is 10.7. The first-order chi connectivity index (χ1) is 14.7. The van der Waals surface area contributed by atoms with E-state index < -0.39 is 0 Å². The van der Waals surface area contributed by atoms with Crippen molar-refractivity contribution in [1.82, 2.24) is 9.80 Å². The van der Waals surface area contributed by atoms with Crippen LogP contribution in [0.25, 0.3) is 0 Å². The van der Waals surface area contributed by atoms with Crippen LogP contribution in [0, 0.1) is 11.3 Å². The summed E-state index contributed by atoms with van der Waals surface area (Å²) in [6, 6.07) is 20.9. The van der Waals surface area contributed by atoms with Gasteiger partial charge in [-0.3, -0.25) is 9.69 Å². The summed E-state index contributed by atoms with van der Waals surface area (Å²) < 4.78 is 5.23. The van der Waals surface area contributed by atoms with E-state index in [-0.39, 0.29) is 17.4 Å². The molecule has 0 aliphatic carbocycles. The van der Waals surface area contributed by atoms with Crippen LogP contribution in [0.3, 0.4) is 0 Å². The molecule has 2 aromatic rings. The molecule has 2 saturated heterocycles. The average Bonchev–Trinajstić information content (AvgIpc) is 3.05. The highest BCUT2D eigenvalue weighted by atomic mass is 16.5. The lowest BCUT2D eigenvalue weighted by molar-refractivity contribution is -0.132. The number of carbonyl (C=O) groups is 1. The molecular formula is C25H29N3O2. The molecule has 0 aromatic heterocycles. The van der Waals surface area contributed by atoms with Crippen molar-refractivity contribution in [3.05, 3.63) is 71.3 Å². The molecule has 0 unspecified atom stereocenters. The Hall–Kier alpha value is -2.68. The summed E-state index contributed by atoms with van der Waals surface area (Å²) in [5.41, 5.74) is 3.20. The van der Waals surface area contributed by atoms with Gasteiger partial charge >= 0.3 is 0 Å². The van der Waals surface area contributed by atoms with Gasteiger partial charge in [0.1, 0.15) is 0 Å². The van der Waals surface area contributed by atoms with Crippen molar-refractivity contribution in [1.29, 1.82) is 5.26 Å². The van der Waals surface area contributed by atoms with E-state index in [2.05, 4.69) is 41.3 Å². The zero-order chi connectivity index (χ0) is 21.0. The van der Waals surface area contributed by atoms with E-state index in [1.807, 2.05) is 29.2 Å². The first-order valence-corrected chi connectivity index (χ1v) is 10.7. The molecule has 0 radical (unpaired) electrons. The molecule has 5 heteroatoms. The first kappa shape index (κ1) is 20.6. The molecule has 2 aliphatic rings. The molecule has 0 spiro atoms. The van der Waals surface area contributed by atoms with Gasteiger partial charge in [0, 0.05) is 44.6 Å². The molecule has 2 atom stereocenters. The van der Waals surface area contributed by atoms with Crippen LogP contribution >= 0.6 is 0 Å². The predicted octanol–water partition coefficient (Wildman–Crippen LogP) is 3.34. The number of hydrogen-bond acceptors (Lipinski definition) is 4. The van der Waals surface area contributed by atoms with Crippen LogP contribution in [0.4, 0.5) is 0 Å². The number of nitriles is 1. The molecule has 1 amide bonds. The Balaban J connectivity index is 1.63. The number of hydrogen-bond donors (Lipinski definition) is 0. The fourth-order valence-corrected chi connectivity index (χ4v) is 5.18. The second-order valence-electron chi connectivity index (χ2n) is 8.39. The van der Waals surface area contributed by atoms with Gasteiger partial charge in [0.15, 0.2) is 0 Å². The summed E-state index contributed by atoms with van der Waals surface area (Å²) in [6.07, 6.45) is 2.57. The third-order valence-corrected chi connectivity index (χ3v) is 6.86. The van der Waals surface area contributed by atoms with E-state index in [1.54, 1.807) is 7.11 Å². The van der Waals surface area contributed by atoms with E-state index in [4.69, 9.17) is 10.00 Å². The van der Waals surface area contributed by atoms with Gasteiger partial charge in [0.2, 0.25) is 5.91 Å². The van der Waals surface area contributed by atoms with Gasteiger partial charge in [0.25, 0.3) is 0 Å². The molecule has 4 rings (SSSR count). The van der Waals surface area contributed by atoms with Gasteiger partial charge in [-0.05, 0) is 42.6 Å². The third kappa shape index (κ3) is 3.98. The van der Waals surface area contributed by atoms with E-state index in [0.29, 0.717) is 25.1 Å². The van der Waals surface area contributed by atoms with Crippen molar-refractivity contribution in [3.8, 4) is 6.07 Å². The molecular weight excluding hydrogens is 374 g/mol. The van der Waals surface area contributed by atoms with Gasteiger partial charge in [-0.15, -0.1) is 0 Å². The lowest BCUT2D eigenvalue weighted by Gasteiger charge is -2.37. The molecule has 2 fully saturated rings. The Bertz CT molecular complexity index is 906. The van der Waals surface area contributed by atoms with Gasteiger partial charge in [-0.25, -0.2) is 0 Å². The lowest BCUT2D eigenvalue weighted by atomic mass is 9.71. The highest BCUT2D eigenvalue weighted by Crippen LogP contribution is 2.46. The Morgan fingerprint density at radius 2 is 1.83 bits per heavy atom. The van der Waals surface area contributed by atoms with E-state index >= 15 is 0 Å². The van der Waals surface area contributed by atoms with Crippen LogP contribution in [-0.4, -0.2) is 55.1 Å². The largest absolute Gasteiger partial charge is 0.383 e.